The molecule has 2 heterocycles. The summed E-state index contributed by atoms with van der Waals surface area (Å²) in [4.78, 5) is 13.8. The van der Waals surface area contributed by atoms with Gasteiger partial charge in [-0.15, -0.1) is 0 Å². The van der Waals surface area contributed by atoms with Crippen molar-refractivity contribution in [3.63, 3.8) is 0 Å². The van der Waals surface area contributed by atoms with E-state index in [-0.39, 0.29) is 5.69 Å². The molecular formula is C11H10N3O3S. The van der Waals surface area contributed by atoms with E-state index in [0.29, 0.717) is 11.7 Å². The molecule has 0 atom stereocenters. The van der Waals surface area contributed by atoms with Crippen LogP contribution in [0.4, 0.5) is 17.4 Å². The summed E-state index contributed by atoms with van der Waals surface area (Å²) in [6.45, 7) is 0. The third-order valence-corrected chi connectivity index (χ3v) is 2.68. The highest BCUT2D eigenvalue weighted by molar-refractivity contribution is 7.97. The monoisotopic (exact) mass is 264 g/mol. The Labute approximate surface area is 108 Å². The average Bonchev–Trinajstić information content (AvgIpc) is 2.78. The molecule has 1 radical (unpaired) electrons. The number of aromatic nitrogens is 1. The van der Waals surface area contributed by atoms with Crippen LogP contribution >= 0.6 is 11.8 Å². The Morgan fingerprint density at radius 1 is 1.44 bits per heavy atom. The fourth-order valence-corrected chi connectivity index (χ4v) is 1.75. The number of furan rings is 1. The molecule has 0 bridgehead atoms. The second-order valence-electron chi connectivity index (χ2n) is 3.42. The molecule has 0 aliphatic carbocycles. The van der Waals surface area contributed by atoms with Crippen molar-refractivity contribution in [2.75, 3.05) is 6.26 Å². The van der Waals surface area contributed by atoms with Gasteiger partial charge in [0.1, 0.15) is 12.0 Å². The summed E-state index contributed by atoms with van der Waals surface area (Å²) >= 11 is 1.65. The van der Waals surface area contributed by atoms with E-state index in [1.165, 1.54) is 18.3 Å². The van der Waals surface area contributed by atoms with Crippen LogP contribution in [0.3, 0.4) is 0 Å². The molecule has 0 unspecified atom stereocenters. The smallest absolute Gasteiger partial charge is 0.287 e. The van der Waals surface area contributed by atoms with Gasteiger partial charge in [0.15, 0.2) is 5.82 Å². The first-order valence-electron chi connectivity index (χ1n) is 5.09. The van der Waals surface area contributed by atoms with Crippen LogP contribution in [0.5, 0.6) is 0 Å². The number of hydrogen-bond acceptors (Lipinski definition) is 5. The molecule has 0 aromatic carbocycles. The Morgan fingerprint density at radius 2 is 2.28 bits per heavy atom. The van der Waals surface area contributed by atoms with Crippen LogP contribution in [-0.2, 0) is 5.75 Å². The fraction of sp³-hybridized carbons (Fsp3) is 0.182. The second kappa shape index (κ2) is 5.54. The van der Waals surface area contributed by atoms with Gasteiger partial charge in [0, 0.05) is 12.1 Å². The van der Waals surface area contributed by atoms with Crippen LogP contribution < -0.4 is 5.32 Å². The molecule has 0 fully saturated rings. The van der Waals surface area contributed by atoms with Gasteiger partial charge < -0.3 is 4.42 Å². The first kappa shape index (κ1) is 12.4. The van der Waals surface area contributed by atoms with Gasteiger partial charge in [-0.25, -0.2) is 4.98 Å². The maximum absolute atomic E-state index is 10.5. The number of thioether (sulfide) groups is 1. The lowest BCUT2D eigenvalue weighted by atomic mass is 10.4. The van der Waals surface area contributed by atoms with Gasteiger partial charge in [-0.2, -0.15) is 17.1 Å². The summed E-state index contributed by atoms with van der Waals surface area (Å²) < 4.78 is 5.44. The largest absolute Gasteiger partial charge is 0.442 e. The third kappa shape index (κ3) is 3.01. The van der Waals surface area contributed by atoms with Crippen molar-refractivity contribution < 1.29 is 9.34 Å². The summed E-state index contributed by atoms with van der Waals surface area (Å²) in [6.07, 6.45) is 3.15. The van der Waals surface area contributed by atoms with Crippen LogP contribution in [0.2, 0.25) is 0 Å². The maximum Gasteiger partial charge on any atom is 0.287 e. The van der Waals surface area contributed by atoms with Crippen molar-refractivity contribution in [2.24, 2.45) is 0 Å². The molecule has 0 N–H and O–H groups in total. The molecule has 0 amide bonds. The van der Waals surface area contributed by atoms with E-state index in [0.717, 1.165) is 11.5 Å². The van der Waals surface area contributed by atoms with E-state index in [2.05, 4.69) is 10.3 Å². The molecule has 93 valence electrons. The average molecular weight is 264 g/mol. The first-order valence-corrected chi connectivity index (χ1v) is 6.48. The van der Waals surface area contributed by atoms with Crippen molar-refractivity contribution in [3.8, 4) is 0 Å². The normalized spacial score (nSPS) is 10.3. The lowest BCUT2D eigenvalue weighted by Gasteiger charge is -1.97. The van der Waals surface area contributed by atoms with Crippen molar-refractivity contribution in [1.29, 1.82) is 0 Å². The van der Waals surface area contributed by atoms with Crippen molar-refractivity contribution in [1.82, 2.24) is 10.3 Å². The molecule has 2 aromatic rings. The van der Waals surface area contributed by atoms with Crippen molar-refractivity contribution in [2.45, 2.75) is 5.75 Å². The van der Waals surface area contributed by atoms with Gasteiger partial charge in [-0.3, -0.25) is 10.1 Å². The fourth-order valence-electron chi connectivity index (χ4n) is 1.31. The summed E-state index contributed by atoms with van der Waals surface area (Å²) in [5.74, 6) is 2.44. The number of hydrogen-bond donors (Lipinski definition) is 0. The second-order valence-corrected chi connectivity index (χ2v) is 4.28. The summed E-state index contributed by atoms with van der Waals surface area (Å²) in [6, 6.07) is 6.43. The lowest BCUT2D eigenvalue weighted by Crippen LogP contribution is -1.93. The molecule has 0 saturated carbocycles. The minimum atomic E-state index is -0.500. The van der Waals surface area contributed by atoms with Crippen molar-refractivity contribution >= 4 is 29.2 Å². The highest BCUT2D eigenvalue weighted by Gasteiger charge is 2.08. The van der Waals surface area contributed by atoms with Gasteiger partial charge in [0.25, 0.3) is 5.69 Å². The minimum Gasteiger partial charge on any atom is -0.442 e. The van der Waals surface area contributed by atoms with E-state index < -0.39 is 4.92 Å². The number of nitro groups is 1. The van der Waals surface area contributed by atoms with E-state index in [4.69, 9.17) is 4.42 Å². The molecule has 6 nitrogen and oxygen atoms in total. The lowest BCUT2D eigenvalue weighted by molar-refractivity contribution is -0.385. The van der Waals surface area contributed by atoms with Gasteiger partial charge in [0.2, 0.25) is 5.88 Å². The Hall–Kier alpha value is -2.02. The molecule has 0 saturated heterocycles. The van der Waals surface area contributed by atoms with E-state index >= 15 is 0 Å². The number of nitrogens with zero attached hydrogens (tertiary/aromatic N) is 3. The zero-order chi connectivity index (χ0) is 13.0. The number of rotatable bonds is 5. The predicted octanol–water partition coefficient (Wildman–Crippen LogP) is 3.01. The molecule has 7 heteroatoms. The highest BCUT2D eigenvalue weighted by Crippen LogP contribution is 2.21. The SMILES string of the molecule is CSCc1ccc([N]c2ccc([N+](=O)[O-])cn2)o1. The Bertz CT molecular complexity index is 539. The molecule has 18 heavy (non-hydrogen) atoms. The molecule has 2 aromatic heterocycles. The Balaban J connectivity index is 2.06. The van der Waals surface area contributed by atoms with Crippen LogP contribution in [0.15, 0.2) is 34.9 Å². The maximum atomic E-state index is 10.5. The Morgan fingerprint density at radius 3 is 2.89 bits per heavy atom. The van der Waals surface area contributed by atoms with E-state index in [1.54, 1.807) is 17.8 Å². The van der Waals surface area contributed by atoms with Gasteiger partial charge in [-0.1, -0.05) is 0 Å². The zero-order valence-electron chi connectivity index (χ0n) is 9.57. The van der Waals surface area contributed by atoms with Gasteiger partial charge in [0.05, 0.1) is 10.7 Å². The molecule has 0 spiro atoms. The third-order valence-electron chi connectivity index (χ3n) is 2.10. The van der Waals surface area contributed by atoms with Crippen molar-refractivity contribution in [3.05, 3.63) is 46.3 Å². The standard InChI is InChI=1S/C11H10N3O3S/c1-18-7-9-3-5-11(17-9)13-10-4-2-8(6-12-10)14(15)16/h2-6H,7H2,1H3. The van der Waals surface area contributed by atoms with E-state index in [1.807, 2.05) is 12.3 Å². The Kier molecular flexibility index (Phi) is 3.83. The first-order chi connectivity index (χ1) is 8.69. The van der Waals surface area contributed by atoms with Crippen LogP contribution in [0.1, 0.15) is 5.76 Å². The quantitative estimate of drug-likeness (QED) is 0.612. The van der Waals surface area contributed by atoms with Crippen LogP contribution in [0, 0.1) is 10.1 Å². The molecule has 2 rings (SSSR count). The summed E-state index contributed by atoms with van der Waals surface area (Å²) in [5.41, 5.74) is -0.0588. The number of pyridine rings is 1. The topological polar surface area (TPSA) is 83.3 Å². The highest BCUT2D eigenvalue weighted by atomic mass is 32.2. The van der Waals surface area contributed by atoms with Gasteiger partial charge >= 0.3 is 0 Å². The molecule has 0 aliphatic rings. The molecular weight excluding hydrogens is 254 g/mol. The molecule has 0 aliphatic heterocycles. The summed E-state index contributed by atoms with van der Waals surface area (Å²) in [5, 5.41) is 14.6. The zero-order valence-corrected chi connectivity index (χ0v) is 10.4. The van der Waals surface area contributed by atoms with Crippen LogP contribution in [0.25, 0.3) is 0 Å². The van der Waals surface area contributed by atoms with E-state index in [9.17, 15) is 10.1 Å². The van der Waals surface area contributed by atoms with Gasteiger partial charge in [-0.05, 0) is 18.4 Å². The minimum absolute atomic E-state index is 0.0588. The summed E-state index contributed by atoms with van der Waals surface area (Å²) in [7, 11) is 0. The van der Waals surface area contributed by atoms with Crippen LogP contribution in [-0.4, -0.2) is 16.2 Å². The predicted molar refractivity (Wildman–Crippen MR) is 68.3 cm³/mol.